The molecule has 2 unspecified atom stereocenters. The van der Waals surface area contributed by atoms with Gasteiger partial charge >= 0.3 is 6.18 Å². The third-order valence-electron chi connectivity index (χ3n) is 3.51. The van der Waals surface area contributed by atoms with E-state index in [1.165, 1.54) is 12.3 Å². The Labute approximate surface area is 123 Å². The van der Waals surface area contributed by atoms with Crippen LogP contribution in [0.5, 0.6) is 0 Å². The first kappa shape index (κ1) is 15.3. The van der Waals surface area contributed by atoms with E-state index < -0.39 is 24.0 Å². The summed E-state index contributed by atoms with van der Waals surface area (Å²) in [6, 6.07) is 2.24. The molecule has 0 radical (unpaired) electrons. The first-order chi connectivity index (χ1) is 9.39. The minimum Gasteiger partial charge on any atom is -0.349 e. The molecule has 0 spiro atoms. The third kappa shape index (κ3) is 3.50. The van der Waals surface area contributed by atoms with Crippen LogP contribution >= 0.6 is 15.9 Å². The molecule has 0 saturated heterocycles. The van der Waals surface area contributed by atoms with Crippen molar-refractivity contribution in [3.05, 3.63) is 28.5 Å². The predicted octanol–water partition coefficient (Wildman–Crippen LogP) is 3.70. The Balaban J connectivity index is 2.11. The molecule has 1 aliphatic rings. The maximum absolute atomic E-state index is 13.0. The van der Waals surface area contributed by atoms with Crippen LogP contribution in [0.25, 0.3) is 0 Å². The van der Waals surface area contributed by atoms with Crippen LogP contribution in [0.4, 0.5) is 13.2 Å². The first-order valence-electron chi connectivity index (χ1n) is 6.37. The lowest BCUT2D eigenvalue weighted by atomic mass is 9.84. The van der Waals surface area contributed by atoms with Crippen molar-refractivity contribution in [3.63, 3.8) is 0 Å². The molecule has 2 atom stereocenters. The molecule has 1 amide bonds. The standard InChI is InChI=1S/C13H14BrF3N2O/c14-11-8(4-3-7-18-11)12(20)19-10-6-2-1-5-9(10)13(15,16)17/h3-4,7,9-10H,1-2,5-6H2,(H,19,20). The van der Waals surface area contributed by atoms with E-state index in [0.717, 1.165) is 0 Å². The van der Waals surface area contributed by atoms with Gasteiger partial charge in [0.1, 0.15) is 4.60 Å². The Morgan fingerprint density at radius 2 is 2.05 bits per heavy atom. The number of amides is 1. The zero-order chi connectivity index (χ0) is 14.8. The van der Waals surface area contributed by atoms with Crippen molar-refractivity contribution in [3.8, 4) is 0 Å². The van der Waals surface area contributed by atoms with E-state index in [1.807, 2.05) is 0 Å². The Bertz CT molecular complexity index is 493. The molecule has 1 aliphatic carbocycles. The van der Waals surface area contributed by atoms with Gasteiger partial charge in [0.25, 0.3) is 5.91 Å². The summed E-state index contributed by atoms with van der Waals surface area (Å²) in [4.78, 5) is 16.0. The van der Waals surface area contributed by atoms with E-state index in [4.69, 9.17) is 0 Å². The van der Waals surface area contributed by atoms with E-state index in [1.54, 1.807) is 6.07 Å². The van der Waals surface area contributed by atoms with Gasteiger partial charge in [-0.1, -0.05) is 12.8 Å². The molecule has 0 bridgehead atoms. The molecule has 20 heavy (non-hydrogen) atoms. The fraction of sp³-hybridized carbons (Fsp3) is 0.538. The zero-order valence-corrected chi connectivity index (χ0v) is 12.2. The lowest BCUT2D eigenvalue weighted by Crippen LogP contribution is -2.47. The first-order valence-corrected chi connectivity index (χ1v) is 7.17. The largest absolute Gasteiger partial charge is 0.393 e. The Hall–Kier alpha value is -1.11. The van der Waals surface area contributed by atoms with Gasteiger partial charge in [-0.3, -0.25) is 4.79 Å². The summed E-state index contributed by atoms with van der Waals surface area (Å²) in [6.07, 6.45) is -1.10. The average molecular weight is 351 g/mol. The fourth-order valence-electron chi connectivity index (χ4n) is 2.50. The zero-order valence-electron chi connectivity index (χ0n) is 10.6. The molecule has 1 fully saturated rings. The molecule has 2 rings (SSSR count). The number of alkyl halides is 3. The summed E-state index contributed by atoms with van der Waals surface area (Å²) in [6.45, 7) is 0. The van der Waals surface area contributed by atoms with Crippen molar-refractivity contribution in [1.29, 1.82) is 0 Å². The monoisotopic (exact) mass is 350 g/mol. The van der Waals surface area contributed by atoms with Gasteiger partial charge in [0.2, 0.25) is 0 Å². The molecular formula is C13H14BrF3N2O. The lowest BCUT2D eigenvalue weighted by molar-refractivity contribution is -0.187. The number of carbonyl (C=O) groups excluding carboxylic acids is 1. The SMILES string of the molecule is O=C(NC1CCCCC1C(F)(F)F)c1cccnc1Br. The summed E-state index contributed by atoms with van der Waals surface area (Å²) < 4.78 is 39.2. The topological polar surface area (TPSA) is 42.0 Å². The van der Waals surface area contributed by atoms with Crippen molar-refractivity contribution >= 4 is 21.8 Å². The van der Waals surface area contributed by atoms with Crippen molar-refractivity contribution in [2.24, 2.45) is 5.92 Å². The molecule has 1 aromatic heterocycles. The minimum atomic E-state index is -4.27. The van der Waals surface area contributed by atoms with Crippen LogP contribution in [0.15, 0.2) is 22.9 Å². The number of carbonyl (C=O) groups is 1. The third-order valence-corrected chi connectivity index (χ3v) is 4.14. The number of pyridine rings is 1. The highest BCUT2D eigenvalue weighted by Gasteiger charge is 2.46. The molecule has 1 aromatic rings. The number of rotatable bonds is 2. The highest BCUT2D eigenvalue weighted by molar-refractivity contribution is 9.10. The van der Waals surface area contributed by atoms with Gasteiger partial charge in [0, 0.05) is 12.2 Å². The van der Waals surface area contributed by atoms with Crippen LogP contribution in [0, 0.1) is 5.92 Å². The Kier molecular flexibility index (Phi) is 4.67. The molecule has 1 N–H and O–H groups in total. The number of nitrogens with one attached hydrogen (secondary N) is 1. The quantitative estimate of drug-likeness (QED) is 0.826. The Morgan fingerprint density at radius 1 is 1.35 bits per heavy atom. The molecule has 1 heterocycles. The molecule has 7 heteroatoms. The number of aromatic nitrogens is 1. The van der Waals surface area contributed by atoms with E-state index >= 15 is 0 Å². The second kappa shape index (κ2) is 6.11. The van der Waals surface area contributed by atoms with Crippen LogP contribution in [0.2, 0.25) is 0 Å². The lowest BCUT2D eigenvalue weighted by Gasteiger charge is -2.33. The van der Waals surface area contributed by atoms with Crippen LogP contribution in [-0.4, -0.2) is 23.1 Å². The normalized spacial score (nSPS) is 23.4. The maximum Gasteiger partial charge on any atom is 0.393 e. The van der Waals surface area contributed by atoms with Gasteiger partial charge < -0.3 is 5.32 Å². The van der Waals surface area contributed by atoms with Crippen LogP contribution in [0.1, 0.15) is 36.0 Å². The van der Waals surface area contributed by atoms with Crippen LogP contribution < -0.4 is 5.32 Å². The number of halogens is 4. The minimum absolute atomic E-state index is 0.0721. The van der Waals surface area contributed by atoms with Gasteiger partial charge in [0.05, 0.1) is 11.5 Å². The summed E-state index contributed by atoms with van der Waals surface area (Å²) in [5.41, 5.74) is 0.249. The van der Waals surface area contributed by atoms with E-state index in [9.17, 15) is 18.0 Å². The fourth-order valence-corrected chi connectivity index (χ4v) is 2.93. The van der Waals surface area contributed by atoms with E-state index in [-0.39, 0.29) is 12.0 Å². The highest BCUT2D eigenvalue weighted by Crippen LogP contribution is 2.37. The summed E-state index contributed by atoms with van der Waals surface area (Å²) in [5.74, 6) is -1.98. The number of hydrogen-bond donors (Lipinski definition) is 1. The van der Waals surface area contributed by atoms with Crippen molar-refractivity contribution in [2.75, 3.05) is 0 Å². The molecule has 1 saturated carbocycles. The highest BCUT2D eigenvalue weighted by atomic mass is 79.9. The average Bonchev–Trinajstić information content (AvgIpc) is 2.38. The van der Waals surface area contributed by atoms with Gasteiger partial charge in [0.15, 0.2) is 0 Å². The summed E-state index contributed by atoms with van der Waals surface area (Å²) in [7, 11) is 0. The van der Waals surface area contributed by atoms with Gasteiger partial charge in [-0.05, 0) is 40.9 Å². The van der Waals surface area contributed by atoms with Crippen molar-refractivity contribution in [2.45, 2.75) is 37.9 Å². The molecule has 110 valence electrons. The van der Waals surface area contributed by atoms with Gasteiger partial charge in [-0.15, -0.1) is 0 Å². The van der Waals surface area contributed by atoms with Gasteiger partial charge in [-0.2, -0.15) is 13.2 Å². The van der Waals surface area contributed by atoms with E-state index in [0.29, 0.717) is 23.9 Å². The molecule has 0 aromatic carbocycles. The Morgan fingerprint density at radius 3 is 2.70 bits per heavy atom. The number of nitrogens with zero attached hydrogens (tertiary/aromatic N) is 1. The van der Waals surface area contributed by atoms with E-state index in [2.05, 4.69) is 26.2 Å². The smallest absolute Gasteiger partial charge is 0.349 e. The van der Waals surface area contributed by atoms with Crippen molar-refractivity contribution in [1.82, 2.24) is 10.3 Å². The summed E-state index contributed by atoms with van der Waals surface area (Å²) in [5, 5.41) is 2.50. The summed E-state index contributed by atoms with van der Waals surface area (Å²) >= 11 is 3.12. The second-order valence-electron chi connectivity index (χ2n) is 4.85. The van der Waals surface area contributed by atoms with Gasteiger partial charge in [-0.25, -0.2) is 4.98 Å². The maximum atomic E-state index is 13.0. The van der Waals surface area contributed by atoms with Crippen molar-refractivity contribution < 1.29 is 18.0 Å². The van der Waals surface area contributed by atoms with Crippen LogP contribution in [-0.2, 0) is 0 Å². The number of hydrogen-bond acceptors (Lipinski definition) is 2. The second-order valence-corrected chi connectivity index (χ2v) is 5.61. The van der Waals surface area contributed by atoms with Crippen LogP contribution in [0.3, 0.4) is 0 Å². The predicted molar refractivity (Wildman–Crippen MR) is 71.2 cm³/mol. The molecule has 0 aliphatic heterocycles. The molecule has 3 nitrogen and oxygen atoms in total. The molecular weight excluding hydrogens is 337 g/mol.